The molecule has 1 aliphatic rings. The van der Waals surface area contributed by atoms with Crippen molar-refractivity contribution in [3.8, 4) is 0 Å². The van der Waals surface area contributed by atoms with Crippen molar-refractivity contribution in [1.29, 1.82) is 0 Å². The second kappa shape index (κ2) is 6.81. The number of imide groups is 1. The third kappa shape index (κ3) is 3.67. The van der Waals surface area contributed by atoms with Gasteiger partial charge < -0.3 is 4.55 Å². The first-order chi connectivity index (χ1) is 12.5. The standard InChI is InChI=1S/C18H25N5O3S/c1-11-7-13-9-14(12(2)20-27(26)18(3,4)5)19-23(13)15(8-11)22-10-16(24)21(6)17(22)25/h7-9,12,20H,10H2,1-6H3/t12-,27-/m1/s1. The van der Waals surface area contributed by atoms with Gasteiger partial charge in [-0.1, -0.05) is 0 Å². The van der Waals surface area contributed by atoms with Gasteiger partial charge in [-0.3, -0.25) is 14.6 Å². The van der Waals surface area contributed by atoms with Gasteiger partial charge in [0.05, 0.1) is 17.3 Å². The van der Waals surface area contributed by atoms with Crippen molar-refractivity contribution >= 4 is 34.6 Å². The van der Waals surface area contributed by atoms with Crippen LogP contribution in [0.15, 0.2) is 18.2 Å². The highest BCUT2D eigenvalue weighted by molar-refractivity contribution is 7.90. The average Bonchev–Trinajstić information content (AvgIpc) is 3.10. The van der Waals surface area contributed by atoms with Crippen molar-refractivity contribution in [3.63, 3.8) is 0 Å². The Kier molecular flexibility index (Phi) is 4.96. The first-order valence-electron chi connectivity index (χ1n) is 8.75. The number of carbonyl (C=O) groups excluding carboxylic acids is 2. The molecule has 2 aromatic rings. The molecule has 0 saturated carbocycles. The van der Waals surface area contributed by atoms with Gasteiger partial charge in [0.1, 0.15) is 17.1 Å². The molecule has 0 bridgehead atoms. The van der Waals surface area contributed by atoms with E-state index in [0.717, 1.165) is 16.0 Å². The van der Waals surface area contributed by atoms with Crippen molar-refractivity contribution in [2.24, 2.45) is 0 Å². The van der Waals surface area contributed by atoms with Crippen LogP contribution in [0.3, 0.4) is 0 Å². The predicted molar refractivity (Wildman–Crippen MR) is 105 cm³/mol. The summed E-state index contributed by atoms with van der Waals surface area (Å²) in [5, 5.41) is 4.61. The van der Waals surface area contributed by atoms with Gasteiger partial charge in [0.25, 0.3) is 5.91 Å². The van der Waals surface area contributed by atoms with Crippen molar-refractivity contribution < 1.29 is 14.1 Å². The molecule has 0 aliphatic carbocycles. The second-order valence-corrected chi connectivity index (χ2v) is 9.84. The van der Waals surface area contributed by atoms with Gasteiger partial charge in [0.2, 0.25) is 0 Å². The molecule has 1 aliphatic heterocycles. The highest BCUT2D eigenvalue weighted by Gasteiger charge is 2.36. The van der Waals surface area contributed by atoms with Gasteiger partial charge in [-0.2, -0.15) is 5.10 Å². The van der Waals surface area contributed by atoms with Crippen molar-refractivity contribution in [3.05, 3.63) is 29.5 Å². The molecule has 0 spiro atoms. The van der Waals surface area contributed by atoms with E-state index >= 15 is 0 Å². The number of amides is 3. The zero-order chi connectivity index (χ0) is 20.1. The van der Waals surface area contributed by atoms with Crippen LogP contribution < -0.4 is 9.62 Å². The lowest BCUT2D eigenvalue weighted by Crippen LogP contribution is -2.40. The minimum Gasteiger partial charge on any atom is -0.598 e. The molecule has 9 heteroatoms. The molecule has 1 saturated heterocycles. The summed E-state index contributed by atoms with van der Waals surface area (Å²) in [7, 11) is 1.47. The Morgan fingerprint density at radius 2 is 1.93 bits per heavy atom. The van der Waals surface area contributed by atoms with Gasteiger partial charge in [0.15, 0.2) is 0 Å². The Morgan fingerprint density at radius 3 is 2.48 bits per heavy atom. The molecule has 0 aromatic carbocycles. The van der Waals surface area contributed by atoms with Gasteiger partial charge in [0, 0.05) is 18.4 Å². The van der Waals surface area contributed by atoms with Crippen LogP contribution in [0.2, 0.25) is 0 Å². The number of aryl methyl sites for hydroxylation is 1. The minimum absolute atomic E-state index is 0.00900. The first-order valence-corrected chi connectivity index (χ1v) is 9.90. The third-order valence-corrected chi connectivity index (χ3v) is 6.13. The van der Waals surface area contributed by atoms with Gasteiger partial charge >= 0.3 is 6.03 Å². The fourth-order valence-electron chi connectivity index (χ4n) is 2.82. The molecule has 0 radical (unpaired) electrons. The molecule has 2 atom stereocenters. The Labute approximate surface area is 161 Å². The molecule has 3 amide bonds. The third-order valence-electron chi connectivity index (χ3n) is 4.45. The van der Waals surface area contributed by atoms with Crippen LogP contribution in [-0.4, -0.2) is 49.3 Å². The summed E-state index contributed by atoms with van der Waals surface area (Å²) in [6, 6.07) is 5.08. The molecule has 3 rings (SSSR count). The molecule has 1 N–H and O–H groups in total. The maximum Gasteiger partial charge on any atom is 0.332 e. The number of aromatic nitrogens is 2. The van der Waals surface area contributed by atoms with E-state index in [-0.39, 0.29) is 29.3 Å². The fourth-order valence-corrected chi connectivity index (χ4v) is 3.61. The summed E-state index contributed by atoms with van der Waals surface area (Å²) in [6.07, 6.45) is 0. The highest BCUT2D eigenvalue weighted by Crippen LogP contribution is 2.26. The number of urea groups is 1. The Morgan fingerprint density at radius 1 is 1.26 bits per heavy atom. The summed E-state index contributed by atoms with van der Waals surface area (Å²) >= 11 is -1.23. The maximum atomic E-state index is 12.4. The van der Waals surface area contributed by atoms with E-state index in [1.54, 1.807) is 4.52 Å². The molecule has 8 nitrogen and oxygen atoms in total. The number of likely N-dealkylation sites (N-methyl/N-ethyl adjacent to an activating group) is 1. The number of nitrogens with one attached hydrogen (secondary N) is 1. The summed E-state index contributed by atoms with van der Waals surface area (Å²) in [5.74, 6) is 0.292. The summed E-state index contributed by atoms with van der Waals surface area (Å²) in [6.45, 7) is 9.53. The van der Waals surface area contributed by atoms with Crippen LogP contribution >= 0.6 is 0 Å². The molecule has 1 fully saturated rings. The first kappa shape index (κ1) is 19.7. The molecular formula is C18H25N5O3S. The molecule has 146 valence electrons. The minimum atomic E-state index is -1.23. The van der Waals surface area contributed by atoms with Crippen LogP contribution in [0, 0.1) is 6.92 Å². The van der Waals surface area contributed by atoms with Crippen LogP contribution in [0.25, 0.3) is 5.52 Å². The summed E-state index contributed by atoms with van der Waals surface area (Å²) in [4.78, 5) is 26.8. The lowest BCUT2D eigenvalue weighted by Gasteiger charge is -2.25. The summed E-state index contributed by atoms with van der Waals surface area (Å²) in [5.41, 5.74) is 2.48. The van der Waals surface area contributed by atoms with E-state index < -0.39 is 11.4 Å². The molecule has 27 heavy (non-hydrogen) atoms. The number of carbonyl (C=O) groups is 2. The number of nitrogens with zero attached hydrogens (tertiary/aromatic N) is 4. The summed E-state index contributed by atoms with van der Waals surface area (Å²) < 4.78 is 16.7. The van der Waals surface area contributed by atoms with E-state index in [0.29, 0.717) is 11.5 Å². The van der Waals surface area contributed by atoms with Crippen LogP contribution in [-0.2, 0) is 16.2 Å². The van der Waals surface area contributed by atoms with E-state index in [2.05, 4.69) is 9.82 Å². The monoisotopic (exact) mass is 391 g/mol. The van der Waals surface area contributed by atoms with E-state index in [1.807, 2.05) is 52.8 Å². The van der Waals surface area contributed by atoms with Gasteiger partial charge in [-0.15, -0.1) is 4.72 Å². The predicted octanol–water partition coefficient (Wildman–Crippen LogP) is 2.15. The van der Waals surface area contributed by atoms with E-state index in [1.165, 1.54) is 11.9 Å². The lowest BCUT2D eigenvalue weighted by molar-refractivity contribution is -0.123. The van der Waals surface area contributed by atoms with Crippen molar-refractivity contribution in [1.82, 2.24) is 19.2 Å². The van der Waals surface area contributed by atoms with Crippen molar-refractivity contribution in [2.75, 3.05) is 18.5 Å². The van der Waals surface area contributed by atoms with E-state index in [4.69, 9.17) is 0 Å². The molecular weight excluding hydrogens is 366 g/mol. The number of fused-ring (bicyclic) bond motifs is 1. The zero-order valence-corrected chi connectivity index (χ0v) is 17.3. The number of hydrogen-bond acceptors (Lipinski definition) is 5. The van der Waals surface area contributed by atoms with Gasteiger partial charge in [-0.25, -0.2) is 9.31 Å². The number of hydrogen-bond donors (Lipinski definition) is 1. The van der Waals surface area contributed by atoms with Crippen molar-refractivity contribution in [2.45, 2.75) is 45.4 Å². The number of rotatable bonds is 4. The smallest absolute Gasteiger partial charge is 0.332 e. The topological polar surface area (TPSA) is 93.0 Å². The van der Waals surface area contributed by atoms with Gasteiger partial charge in [-0.05, 0) is 58.4 Å². The normalized spacial score (nSPS) is 17.9. The molecule has 0 unspecified atom stereocenters. The molecule has 3 heterocycles. The largest absolute Gasteiger partial charge is 0.598 e. The maximum absolute atomic E-state index is 12.4. The van der Waals surface area contributed by atoms with Crippen LogP contribution in [0.5, 0.6) is 0 Å². The average molecular weight is 391 g/mol. The second-order valence-electron chi connectivity index (χ2n) is 7.84. The quantitative estimate of drug-likeness (QED) is 0.637. The Bertz CT molecular complexity index is 904. The lowest BCUT2D eigenvalue weighted by atomic mass is 10.2. The molecule has 2 aromatic heterocycles. The zero-order valence-electron chi connectivity index (χ0n) is 16.4. The fraction of sp³-hybridized carbons (Fsp3) is 0.500. The Balaban J connectivity index is 1.98. The highest BCUT2D eigenvalue weighted by atomic mass is 32.2. The number of pyridine rings is 1. The van der Waals surface area contributed by atoms with E-state index in [9.17, 15) is 14.1 Å². The SMILES string of the molecule is Cc1cc(N2CC(=O)N(C)C2=O)n2nc([C@@H](C)N[S@+]([O-])C(C)(C)C)cc2c1. The van der Waals surface area contributed by atoms with Crippen LogP contribution in [0.1, 0.15) is 45.0 Å². The Hall–Kier alpha value is -2.10. The number of anilines is 1. The van der Waals surface area contributed by atoms with Crippen LogP contribution in [0.4, 0.5) is 10.6 Å².